The number of methoxy groups -OCH3 is 1. The zero-order valence-electron chi connectivity index (χ0n) is 27.2. The Morgan fingerprint density at radius 2 is 1.88 bits per heavy atom. The molecule has 1 aliphatic heterocycles. The average molecular weight is 676 g/mol. The van der Waals surface area contributed by atoms with Crippen LogP contribution in [0.3, 0.4) is 0 Å². The number of halogens is 2. The molecule has 1 fully saturated rings. The molecule has 2 aliphatic rings. The molecule has 2 aromatic carbocycles. The second-order valence-corrected chi connectivity index (χ2v) is 12.4. The Hall–Kier alpha value is -4.81. The number of rotatable bonds is 8. The minimum absolute atomic E-state index is 0.0583. The van der Waals surface area contributed by atoms with Gasteiger partial charge in [0.2, 0.25) is 5.88 Å². The maximum absolute atomic E-state index is 15.6. The monoisotopic (exact) mass is 675 g/mol. The number of hydrogen-bond acceptors (Lipinski definition) is 8. The van der Waals surface area contributed by atoms with Crippen molar-refractivity contribution in [3.63, 3.8) is 0 Å². The molecule has 0 saturated carbocycles. The Labute approximate surface area is 280 Å². The van der Waals surface area contributed by atoms with Crippen molar-refractivity contribution in [3.05, 3.63) is 96.5 Å². The zero-order valence-corrected chi connectivity index (χ0v) is 28.0. The van der Waals surface area contributed by atoms with E-state index in [1.807, 2.05) is 6.07 Å². The van der Waals surface area contributed by atoms with Crippen molar-refractivity contribution in [3.8, 4) is 28.3 Å². The highest BCUT2D eigenvalue weighted by Crippen LogP contribution is 2.46. The lowest BCUT2D eigenvalue weighted by Crippen LogP contribution is -2.51. The summed E-state index contributed by atoms with van der Waals surface area (Å²) in [6.07, 6.45) is 2.80. The molecule has 3 heterocycles. The predicted octanol–water partition coefficient (Wildman–Crippen LogP) is 4.66. The number of ether oxygens (including phenoxy) is 2. The number of esters is 1. The third kappa shape index (κ3) is 5.68. The van der Waals surface area contributed by atoms with Crippen LogP contribution >= 0.6 is 11.6 Å². The summed E-state index contributed by atoms with van der Waals surface area (Å²) >= 11 is 6.97. The minimum atomic E-state index is -0.736. The second kappa shape index (κ2) is 13.0. The molecule has 1 N–H and O–H groups in total. The summed E-state index contributed by atoms with van der Waals surface area (Å²) in [4.78, 5) is 57.1. The average Bonchev–Trinajstić information content (AvgIpc) is 3.46. The molecule has 1 atom stereocenters. The number of likely N-dealkylation sites (tertiary alicyclic amines) is 1. The van der Waals surface area contributed by atoms with Crippen LogP contribution in [0.4, 0.5) is 10.1 Å². The van der Waals surface area contributed by atoms with Crippen molar-refractivity contribution in [1.82, 2.24) is 19.0 Å². The molecule has 0 spiro atoms. The first kappa shape index (κ1) is 33.1. The van der Waals surface area contributed by atoms with Crippen molar-refractivity contribution < 1.29 is 23.5 Å². The van der Waals surface area contributed by atoms with E-state index in [0.29, 0.717) is 53.6 Å². The summed E-state index contributed by atoms with van der Waals surface area (Å²) in [7, 11) is 4.30. The molecule has 1 amide bonds. The van der Waals surface area contributed by atoms with Crippen LogP contribution in [0, 0.1) is 18.7 Å². The predicted molar refractivity (Wildman–Crippen MR) is 179 cm³/mol. The smallest absolute Gasteiger partial charge is 0.330 e. The van der Waals surface area contributed by atoms with Crippen molar-refractivity contribution in [2.75, 3.05) is 32.1 Å². The van der Waals surface area contributed by atoms with Crippen LogP contribution in [0.15, 0.2) is 52.2 Å². The molecule has 250 valence electrons. The van der Waals surface area contributed by atoms with Gasteiger partial charge in [-0.15, -0.1) is 0 Å². The Morgan fingerprint density at radius 3 is 2.58 bits per heavy atom. The van der Waals surface area contributed by atoms with Crippen LogP contribution in [-0.2, 0) is 30.0 Å². The number of aryl methyl sites for hydroxylation is 2. The van der Waals surface area contributed by atoms with Crippen molar-refractivity contribution >= 4 is 29.2 Å². The fraction of sp³-hybridized carbons (Fsp3) is 0.343. The largest absolute Gasteiger partial charge is 0.481 e. The van der Waals surface area contributed by atoms with Gasteiger partial charge in [0.1, 0.15) is 11.4 Å². The first-order chi connectivity index (χ1) is 22.9. The molecule has 13 heteroatoms. The van der Waals surface area contributed by atoms with E-state index in [4.69, 9.17) is 26.1 Å². The van der Waals surface area contributed by atoms with Gasteiger partial charge in [-0.05, 0) is 67.6 Å². The van der Waals surface area contributed by atoms with E-state index in [-0.39, 0.29) is 34.1 Å². The molecule has 4 aromatic rings. The first-order valence-electron chi connectivity index (χ1n) is 15.6. The number of benzene rings is 2. The van der Waals surface area contributed by atoms with E-state index in [9.17, 15) is 19.2 Å². The van der Waals surface area contributed by atoms with Crippen LogP contribution in [-0.4, -0.2) is 57.7 Å². The highest BCUT2D eigenvalue weighted by molar-refractivity contribution is 6.36. The summed E-state index contributed by atoms with van der Waals surface area (Å²) in [5, 5.41) is 2.86. The minimum Gasteiger partial charge on any atom is -0.481 e. The summed E-state index contributed by atoms with van der Waals surface area (Å²) < 4.78 is 28.6. The third-order valence-electron chi connectivity index (χ3n) is 9.20. The van der Waals surface area contributed by atoms with Crippen LogP contribution in [0.5, 0.6) is 5.88 Å². The van der Waals surface area contributed by atoms with E-state index < -0.39 is 23.0 Å². The van der Waals surface area contributed by atoms with E-state index in [2.05, 4.69) is 10.2 Å². The molecular formula is C35H35ClFN5O6. The number of nitrogens with one attached hydrogen (secondary N) is 1. The highest BCUT2D eigenvalue weighted by atomic mass is 35.5. The standard InChI is InChI=1S/C35H35ClFN5O6/c1-6-48-34(45)20-15-42(16-20)27-13-10-19-14-26(39-32(47-5)28(19)27)22-11-12-24(37)29(30(22)36)21-8-7-9-25(18(21)2)38-31(43)23-17-40(3)35(46)41(4)33(23)44/h7-9,11-12,14,17,20,27H,6,10,13,15-16H2,1-5H3,(H,38,43)/t27-/m0/s1. The van der Waals surface area contributed by atoms with Gasteiger partial charge in [0.25, 0.3) is 11.5 Å². The molecule has 48 heavy (non-hydrogen) atoms. The fourth-order valence-electron chi connectivity index (χ4n) is 6.61. The number of aromatic nitrogens is 3. The van der Waals surface area contributed by atoms with Crippen molar-refractivity contribution in [2.24, 2.45) is 20.0 Å². The molecular weight excluding hydrogens is 641 g/mol. The Morgan fingerprint density at radius 1 is 1.12 bits per heavy atom. The first-order valence-corrected chi connectivity index (χ1v) is 16.0. The van der Waals surface area contributed by atoms with Gasteiger partial charge >= 0.3 is 11.7 Å². The van der Waals surface area contributed by atoms with E-state index in [0.717, 1.165) is 33.1 Å². The summed E-state index contributed by atoms with van der Waals surface area (Å²) in [5.74, 6) is -1.14. The lowest BCUT2D eigenvalue weighted by molar-refractivity contribution is -0.155. The maximum Gasteiger partial charge on any atom is 0.330 e. The Bertz CT molecular complexity index is 2090. The lowest BCUT2D eigenvalue weighted by Gasteiger charge is -2.42. The molecule has 11 nitrogen and oxygen atoms in total. The van der Waals surface area contributed by atoms with Gasteiger partial charge < -0.3 is 19.4 Å². The van der Waals surface area contributed by atoms with Crippen LogP contribution in [0.2, 0.25) is 5.02 Å². The van der Waals surface area contributed by atoms with Gasteiger partial charge in [0, 0.05) is 61.8 Å². The molecule has 1 saturated heterocycles. The van der Waals surface area contributed by atoms with Crippen molar-refractivity contribution in [1.29, 1.82) is 0 Å². The Balaban J connectivity index is 1.32. The van der Waals surface area contributed by atoms with Crippen LogP contribution in [0.1, 0.15) is 46.4 Å². The van der Waals surface area contributed by atoms with Gasteiger partial charge in [0.15, 0.2) is 0 Å². The van der Waals surface area contributed by atoms with Crippen LogP contribution in [0.25, 0.3) is 22.4 Å². The quantitative estimate of drug-likeness (QED) is 0.268. The second-order valence-electron chi connectivity index (χ2n) is 12.1. The van der Waals surface area contributed by atoms with Gasteiger partial charge in [-0.2, -0.15) is 0 Å². The summed E-state index contributed by atoms with van der Waals surface area (Å²) in [6.45, 7) is 5.10. The zero-order chi connectivity index (χ0) is 34.4. The number of carbonyl (C=O) groups is 2. The number of nitrogens with zero attached hydrogens (tertiary/aromatic N) is 4. The maximum atomic E-state index is 15.6. The number of carbonyl (C=O) groups excluding carboxylic acids is 2. The number of hydrogen-bond donors (Lipinski definition) is 1. The summed E-state index contributed by atoms with van der Waals surface area (Å²) in [6, 6.07) is 9.91. The van der Waals surface area contributed by atoms with Gasteiger partial charge in [-0.25, -0.2) is 14.2 Å². The number of fused-ring (bicyclic) bond motifs is 1. The SMILES string of the molecule is CCOC(=O)C1CN([C@H]2CCc3cc(-c4ccc(F)c(-c5cccc(NC(=O)c6cn(C)c(=O)n(C)c6=O)c5C)c4Cl)nc(OC)c32)C1. The number of amides is 1. The molecule has 0 radical (unpaired) electrons. The fourth-order valence-corrected chi connectivity index (χ4v) is 6.96. The number of pyridine rings is 1. The molecule has 2 aromatic heterocycles. The molecule has 6 rings (SSSR count). The highest BCUT2D eigenvalue weighted by Gasteiger charge is 2.42. The molecule has 0 bridgehead atoms. The topological polar surface area (TPSA) is 125 Å². The Kier molecular flexibility index (Phi) is 8.97. The van der Waals surface area contributed by atoms with E-state index in [1.54, 1.807) is 45.2 Å². The molecule has 0 unspecified atom stereocenters. The lowest BCUT2D eigenvalue weighted by atomic mass is 9.94. The molecule has 1 aliphatic carbocycles. The van der Waals surface area contributed by atoms with E-state index in [1.165, 1.54) is 26.4 Å². The van der Waals surface area contributed by atoms with Gasteiger partial charge in [-0.1, -0.05) is 23.7 Å². The van der Waals surface area contributed by atoms with Gasteiger partial charge in [0.05, 0.1) is 30.4 Å². The van der Waals surface area contributed by atoms with Gasteiger partial charge in [-0.3, -0.25) is 23.9 Å². The number of anilines is 1. The van der Waals surface area contributed by atoms with Crippen LogP contribution < -0.4 is 21.3 Å². The van der Waals surface area contributed by atoms with E-state index >= 15 is 4.39 Å². The third-order valence-corrected chi connectivity index (χ3v) is 9.60. The normalized spacial score (nSPS) is 15.9. The van der Waals surface area contributed by atoms with Crippen molar-refractivity contribution in [2.45, 2.75) is 32.7 Å². The summed E-state index contributed by atoms with van der Waals surface area (Å²) in [5.41, 5.74) is 2.97.